The second kappa shape index (κ2) is 4.03. The van der Waals surface area contributed by atoms with Crippen LogP contribution in [0.2, 0.25) is 0 Å². The van der Waals surface area contributed by atoms with Gasteiger partial charge < -0.3 is 9.84 Å². The Morgan fingerprint density at radius 2 is 2.00 bits per heavy atom. The number of esters is 1. The lowest BCUT2D eigenvalue weighted by Gasteiger charge is -2.28. The first-order chi connectivity index (χ1) is 7.18. The van der Waals surface area contributed by atoms with Crippen LogP contribution in [0.25, 0.3) is 0 Å². The minimum atomic E-state index is -0.423. The molecule has 3 nitrogen and oxygen atoms in total. The summed E-state index contributed by atoms with van der Waals surface area (Å²) in [7, 11) is 0. The molecule has 1 N–H and O–H groups in total. The minimum Gasteiger partial charge on any atom is -0.458 e. The molecule has 1 aromatic carbocycles. The van der Waals surface area contributed by atoms with E-state index in [9.17, 15) is 9.90 Å². The van der Waals surface area contributed by atoms with E-state index in [1.807, 2.05) is 24.3 Å². The Kier molecular flexibility index (Phi) is 2.73. The predicted octanol–water partition coefficient (Wildman–Crippen LogP) is 2.12. The van der Waals surface area contributed by atoms with Crippen LogP contribution in [0, 0.1) is 0 Å². The fourth-order valence-electron chi connectivity index (χ4n) is 2.05. The summed E-state index contributed by atoms with van der Waals surface area (Å²) < 4.78 is 5.22. The van der Waals surface area contributed by atoms with Gasteiger partial charge in [0, 0.05) is 6.92 Å². The number of fused-ring (bicyclic) bond motifs is 1. The average molecular weight is 206 g/mol. The Morgan fingerprint density at radius 1 is 1.33 bits per heavy atom. The molecule has 0 saturated carbocycles. The number of carbonyl (C=O) groups excluding carboxylic acids is 1. The Morgan fingerprint density at radius 3 is 2.67 bits per heavy atom. The van der Waals surface area contributed by atoms with E-state index in [0.29, 0.717) is 12.8 Å². The van der Waals surface area contributed by atoms with Crippen LogP contribution < -0.4 is 0 Å². The topological polar surface area (TPSA) is 46.5 Å². The molecule has 0 bridgehead atoms. The van der Waals surface area contributed by atoms with E-state index >= 15 is 0 Å². The Labute approximate surface area is 88.7 Å². The van der Waals surface area contributed by atoms with Gasteiger partial charge in [-0.05, 0) is 24.0 Å². The van der Waals surface area contributed by atoms with Gasteiger partial charge in [-0.1, -0.05) is 24.3 Å². The summed E-state index contributed by atoms with van der Waals surface area (Å²) >= 11 is 0. The Bertz CT molecular complexity index is 373. The van der Waals surface area contributed by atoms with Crippen molar-refractivity contribution in [3.8, 4) is 0 Å². The molecule has 0 heterocycles. The van der Waals surface area contributed by atoms with Gasteiger partial charge in [0.1, 0.15) is 6.10 Å². The number of rotatable bonds is 1. The summed E-state index contributed by atoms with van der Waals surface area (Å²) in [6, 6.07) is 7.58. The third kappa shape index (κ3) is 2.02. The van der Waals surface area contributed by atoms with Crippen LogP contribution in [0.4, 0.5) is 0 Å². The molecule has 0 amide bonds. The maximum absolute atomic E-state index is 10.9. The number of hydrogen-bond donors (Lipinski definition) is 1. The molecule has 3 heteroatoms. The summed E-state index contributed by atoms with van der Waals surface area (Å²) in [5.41, 5.74) is 1.82. The van der Waals surface area contributed by atoms with E-state index in [0.717, 1.165) is 11.1 Å². The predicted molar refractivity (Wildman–Crippen MR) is 55.1 cm³/mol. The van der Waals surface area contributed by atoms with E-state index in [1.165, 1.54) is 6.92 Å². The molecule has 15 heavy (non-hydrogen) atoms. The second-order valence-electron chi connectivity index (χ2n) is 3.82. The van der Waals surface area contributed by atoms with E-state index in [2.05, 4.69) is 0 Å². The van der Waals surface area contributed by atoms with Gasteiger partial charge in [-0.2, -0.15) is 0 Å². The summed E-state index contributed by atoms with van der Waals surface area (Å²) in [4.78, 5) is 10.9. The van der Waals surface area contributed by atoms with Gasteiger partial charge in [0.15, 0.2) is 0 Å². The van der Waals surface area contributed by atoms with Crippen molar-refractivity contribution >= 4 is 5.97 Å². The highest BCUT2D eigenvalue weighted by molar-refractivity contribution is 5.66. The van der Waals surface area contributed by atoms with Gasteiger partial charge in [0.2, 0.25) is 0 Å². The molecule has 2 rings (SSSR count). The van der Waals surface area contributed by atoms with Crippen LogP contribution in [-0.2, 0) is 9.53 Å². The molecular weight excluding hydrogens is 192 g/mol. The fraction of sp³-hybridized carbons (Fsp3) is 0.417. The van der Waals surface area contributed by atoms with E-state index in [-0.39, 0.29) is 12.1 Å². The van der Waals surface area contributed by atoms with E-state index in [4.69, 9.17) is 4.74 Å². The number of ether oxygens (including phenoxy) is 1. The smallest absolute Gasteiger partial charge is 0.303 e. The highest BCUT2D eigenvalue weighted by atomic mass is 16.5. The average Bonchev–Trinajstić information content (AvgIpc) is 2.22. The molecule has 0 radical (unpaired) electrons. The van der Waals surface area contributed by atoms with Crippen LogP contribution in [-0.4, -0.2) is 11.1 Å². The van der Waals surface area contributed by atoms with Crippen molar-refractivity contribution in [3.63, 3.8) is 0 Å². The van der Waals surface area contributed by atoms with Crippen molar-refractivity contribution in [2.75, 3.05) is 0 Å². The zero-order valence-corrected chi connectivity index (χ0v) is 8.64. The zero-order valence-electron chi connectivity index (χ0n) is 8.64. The molecule has 0 aliphatic heterocycles. The third-order valence-corrected chi connectivity index (χ3v) is 2.71. The van der Waals surface area contributed by atoms with Crippen LogP contribution in [0.1, 0.15) is 43.1 Å². The van der Waals surface area contributed by atoms with Crippen LogP contribution in [0.5, 0.6) is 0 Å². The molecule has 1 aliphatic rings. The number of aliphatic hydroxyl groups is 1. The van der Waals surface area contributed by atoms with Gasteiger partial charge in [-0.15, -0.1) is 0 Å². The van der Waals surface area contributed by atoms with Gasteiger partial charge in [0.25, 0.3) is 0 Å². The van der Waals surface area contributed by atoms with Gasteiger partial charge in [-0.3, -0.25) is 4.79 Å². The molecule has 0 fully saturated rings. The monoisotopic (exact) mass is 206 g/mol. The van der Waals surface area contributed by atoms with Crippen molar-refractivity contribution in [1.29, 1.82) is 0 Å². The standard InChI is InChI=1S/C12H14O3/c1-8(13)15-12-7-6-11(14)9-4-2-3-5-10(9)12/h2-5,11-12,14H,6-7H2,1H3/t11-,12+/m1/s1. The molecule has 2 atom stereocenters. The molecule has 0 saturated heterocycles. The maximum atomic E-state index is 10.9. The summed E-state index contributed by atoms with van der Waals surface area (Å²) in [5.74, 6) is -0.272. The first-order valence-corrected chi connectivity index (χ1v) is 5.12. The first-order valence-electron chi connectivity index (χ1n) is 5.12. The highest BCUT2D eigenvalue weighted by Crippen LogP contribution is 2.37. The Hall–Kier alpha value is -1.35. The summed E-state index contributed by atoms with van der Waals surface area (Å²) in [5, 5.41) is 9.77. The summed E-state index contributed by atoms with van der Waals surface area (Å²) in [6.07, 6.45) is 0.724. The maximum Gasteiger partial charge on any atom is 0.303 e. The van der Waals surface area contributed by atoms with Crippen molar-refractivity contribution in [1.82, 2.24) is 0 Å². The molecule has 1 aliphatic carbocycles. The molecule has 1 aromatic rings. The quantitative estimate of drug-likeness (QED) is 0.716. The fourth-order valence-corrected chi connectivity index (χ4v) is 2.05. The van der Waals surface area contributed by atoms with Gasteiger partial charge in [0.05, 0.1) is 6.10 Å². The normalized spacial score (nSPS) is 24.4. The lowest BCUT2D eigenvalue weighted by Crippen LogP contribution is -2.18. The van der Waals surface area contributed by atoms with E-state index in [1.54, 1.807) is 0 Å². The minimum absolute atomic E-state index is 0.193. The highest BCUT2D eigenvalue weighted by Gasteiger charge is 2.27. The Balaban J connectivity index is 2.31. The number of carbonyl (C=O) groups is 1. The number of benzene rings is 1. The third-order valence-electron chi connectivity index (χ3n) is 2.71. The number of aliphatic hydroxyl groups excluding tert-OH is 1. The largest absolute Gasteiger partial charge is 0.458 e. The lowest BCUT2D eigenvalue weighted by atomic mass is 9.87. The SMILES string of the molecule is CC(=O)O[C@H]1CC[C@@H](O)c2ccccc21. The zero-order chi connectivity index (χ0) is 10.8. The molecule has 0 spiro atoms. The van der Waals surface area contributed by atoms with Crippen molar-refractivity contribution in [2.24, 2.45) is 0 Å². The van der Waals surface area contributed by atoms with Crippen molar-refractivity contribution in [3.05, 3.63) is 35.4 Å². The number of hydrogen-bond acceptors (Lipinski definition) is 3. The second-order valence-corrected chi connectivity index (χ2v) is 3.82. The molecule has 0 aromatic heterocycles. The first kappa shape index (κ1) is 10.2. The molecular formula is C12H14O3. The van der Waals surface area contributed by atoms with Crippen LogP contribution >= 0.6 is 0 Å². The van der Waals surface area contributed by atoms with Crippen LogP contribution in [0.15, 0.2) is 24.3 Å². The summed E-state index contributed by atoms with van der Waals surface area (Å²) in [6.45, 7) is 1.41. The lowest BCUT2D eigenvalue weighted by molar-refractivity contribution is -0.148. The van der Waals surface area contributed by atoms with Crippen molar-refractivity contribution < 1.29 is 14.6 Å². The van der Waals surface area contributed by atoms with Gasteiger partial charge >= 0.3 is 5.97 Å². The molecule has 80 valence electrons. The molecule has 0 unspecified atom stereocenters. The van der Waals surface area contributed by atoms with Crippen LogP contribution in [0.3, 0.4) is 0 Å². The van der Waals surface area contributed by atoms with Crippen molar-refractivity contribution in [2.45, 2.75) is 32.0 Å². The van der Waals surface area contributed by atoms with E-state index < -0.39 is 6.10 Å². The van der Waals surface area contributed by atoms with Gasteiger partial charge in [-0.25, -0.2) is 0 Å².